The number of nitrogens with one attached hydrogen (secondary N) is 1. The van der Waals surface area contributed by atoms with Gasteiger partial charge >= 0.3 is 0 Å². The number of hydrogen-bond acceptors (Lipinski definition) is 4. The van der Waals surface area contributed by atoms with E-state index in [1.807, 2.05) is 54.6 Å². The molecule has 172 valence electrons. The van der Waals surface area contributed by atoms with Gasteiger partial charge in [-0.15, -0.1) is 0 Å². The smallest absolute Gasteiger partial charge is 0.240 e. The molecule has 0 bridgehead atoms. The Bertz CT molecular complexity index is 1090. The minimum Gasteiger partial charge on any atom is -0.497 e. The number of hydrazone groups is 1. The highest BCUT2D eigenvalue weighted by Crippen LogP contribution is 2.29. The van der Waals surface area contributed by atoms with E-state index in [4.69, 9.17) is 9.47 Å². The number of carbonyl (C=O) groups excluding carboxylic acids is 1. The van der Waals surface area contributed by atoms with E-state index in [1.165, 1.54) is 11.1 Å². The minimum absolute atomic E-state index is 0.0929. The van der Waals surface area contributed by atoms with Crippen LogP contribution < -0.4 is 14.9 Å². The summed E-state index contributed by atoms with van der Waals surface area (Å²) in [5, 5.41) is 4.12. The third-order valence-corrected chi connectivity index (χ3v) is 6.65. The van der Waals surface area contributed by atoms with Crippen LogP contribution in [0.2, 0.25) is 0 Å². The van der Waals surface area contributed by atoms with Crippen LogP contribution in [0.15, 0.2) is 65.8 Å². The summed E-state index contributed by atoms with van der Waals surface area (Å²) in [6.45, 7) is 2.58. The van der Waals surface area contributed by atoms with E-state index in [9.17, 15) is 4.79 Å². The summed E-state index contributed by atoms with van der Waals surface area (Å²) in [6.07, 6.45) is 3.69. The van der Waals surface area contributed by atoms with Crippen molar-refractivity contribution in [3.05, 3.63) is 90.1 Å². The standard InChI is InChI=1S/C26H26I2N2O3/c1-18-13-22(32-2)12-11-21(18)9-6-10-25(31)30-29-16-20-14-23(27)26(24(28)15-20)33-17-19-7-4-3-5-8-19/h3-5,7-8,11-16H,6,9-10,17H2,1-2H3,(H,30,31)/b29-16-. The fraction of sp³-hybridized carbons (Fsp3) is 0.231. The summed E-state index contributed by atoms with van der Waals surface area (Å²) in [6, 6.07) is 20.1. The van der Waals surface area contributed by atoms with Crippen molar-refractivity contribution < 1.29 is 14.3 Å². The van der Waals surface area contributed by atoms with Crippen LogP contribution in [0, 0.1) is 14.1 Å². The van der Waals surface area contributed by atoms with Crippen LogP contribution in [0.5, 0.6) is 11.5 Å². The van der Waals surface area contributed by atoms with E-state index in [0.29, 0.717) is 13.0 Å². The van der Waals surface area contributed by atoms with Gasteiger partial charge in [-0.1, -0.05) is 36.4 Å². The summed E-state index contributed by atoms with van der Waals surface area (Å²) >= 11 is 4.53. The molecule has 0 aliphatic rings. The van der Waals surface area contributed by atoms with Crippen molar-refractivity contribution in [1.29, 1.82) is 0 Å². The maximum Gasteiger partial charge on any atom is 0.240 e. The second-order valence-corrected chi connectivity index (χ2v) is 9.85. The molecule has 0 radical (unpaired) electrons. The third-order valence-electron chi connectivity index (χ3n) is 5.05. The van der Waals surface area contributed by atoms with Gasteiger partial charge in [0.15, 0.2) is 0 Å². The Morgan fingerprint density at radius 1 is 1.06 bits per heavy atom. The van der Waals surface area contributed by atoms with Crippen LogP contribution in [0.3, 0.4) is 0 Å². The quantitative estimate of drug-likeness (QED) is 0.158. The molecule has 0 unspecified atom stereocenters. The highest BCUT2D eigenvalue weighted by molar-refractivity contribution is 14.1. The van der Waals surface area contributed by atoms with E-state index in [1.54, 1.807) is 13.3 Å². The molecule has 5 nitrogen and oxygen atoms in total. The molecule has 3 rings (SSSR count). The van der Waals surface area contributed by atoms with Crippen LogP contribution in [-0.2, 0) is 17.8 Å². The van der Waals surface area contributed by atoms with Gasteiger partial charge in [0.05, 0.1) is 20.5 Å². The number of ether oxygens (including phenoxy) is 2. The molecule has 0 aliphatic heterocycles. The highest BCUT2D eigenvalue weighted by atomic mass is 127. The molecule has 0 heterocycles. The van der Waals surface area contributed by atoms with Crippen LogP contribution in [0.4, 0.5) is 0 Å². The summed E-state index contributed by atoms with van der Waals surface area (Å²) in [5.41, 5.74) is 7.06. The largest absolute Gasteiger partial charge is 0.497 e. The number of carbonyl (C=O) groups is 1. The molecule has 3 aromatic rings. The van der Waals surface area contributed by atoms with Gasteiger partial charge in [-0.2, -0.15) is 5.10 Å². The lowest BCUT2D eigenvalue weighted by molar-refractivity contribution is -0.121. The van der Waals surface area contributed by atoms with Crippen molar-refractivity contribution in [1.82, 2.24) is 5.43 Å². The molecule has 7 heteroatoms. The summed E-state index contributed by atoms with van der Waals surface area (Å²) in [4.78, 5) is 12.1. The van der Waals surface area contributed by atoms with Gasteiger partial charge < -0.3 is 9.47 Å². The lowest BCUT2D eigenvalue weighted by Gasteiger charge is -2.11. The van der Waals surface area contributed by atoms with Crippen molar-refractivity contribution in [2.75, 3.05) is 7.11 Å². The zero-order valence-electron chi connectivity index (χ0n) is 18.6. The summed E-state index contributed by atoms with van der Waals surface area (Å²) in [5.74, 6) is 1.61. The first-order chi connectivity index (χ1) is 16.0. The lowest BCUT2D eigenvalue weighted by atomic mass is 10.0. The van der Waals surface area contributed by atoms with Crippen LogP contribution >= 0.6 is 45.2 Å². The Hall–Kier alpha value is -2.14. The third kappa shape index (κ3) is 7.99. The first-order valence-corrected chi connectivity index (χ1v) is 12.7. The number of amides is 1. The predicted molar refractivity (Wildman–Crippen MR) is 149 cm³/mol. The lowest BCUT2D eigenvalue weighted by Crippen LogP contribution is -2.17. The fourth-order valence-electron chi connectivity index (χ4n) is 3.27. The Labute approximate surface area is 222 Å². The van der Waals surface area contributed by atoms with Crippen molar-refractivity contribution in [2.45, 2.75) is 32.8 Å². The van der Waals surface area contributed by atoms with E-state index >= 15 is 0 Å². The van der Waals surface area contributed by atoms with E-state index in [-0.39, 0.29) is 5.91 Å². The van der Waals surface area contributed by atoms with Gasteiger partial charge in [-0.25, -0.2) is 5.43 Å². The molecule has 33 heavy (non-hydrogen) atoms. The average molecular weight is 668 g/mol. The van der Waals surface area contributed by atoms with Gasteiger partial charge in [0.2, 0.25) is 5.91 Å². The molecule has 0 spiro atoms. The van der Waals surface area contributed by atoms with Crippen LogP contribution in [0.1, 0.15) is 35.1 Å². The van der Waals surface area contributed by atoms with Crippen molar-refractivity contribution >= 4 is 57.3 Å². The Kier molecular flexibility index (Phi) is 9.98. The van der Waals surface area contributed by atoms with Crippen molar-refractivity contribution in [3.63, 3.8) is 0 Å². The molecule has 0 saturated carbocycles. The van der Waals surface area contributed by atoms with Gasteiger partial charge in [-0.05, 0) is 111 Å². The molecule has 0 fully saturated rings. The fourth-order valence-corrected chi connectivity index (χ4v) is 5.40. The Morgan fingerprint density at radius 2 is 1.79 bits per heavy atom. The topological polar surface area (TPSA) is 59.9 Å². The monoisotopic (exact) mass is 668 g/mol. The number of aryl methyl sites for hydroxylation is 2. The average Bonchev–Trinajstić information content (AvgIpc) is 2.80. The number of nitrogens with zero attached hydrogens (tertiary/aromatic N) is 1. The predicted octanol–water partition coefficient (Wildman–Crippen LogP) is 6.26. The van der Waals surface area contributed by atoms with E-state index in [0.717, 1.165) is 42.6 Å². The summed E-state index contributed by atoms with van der Waals surface area (Å²) in [7, 11) is 1.66. The Morgan fingerprint density at radius 3 is 2.45 bits per heavy atom. The first-order valence-electron chi connectivity index (χ1n) is 10.6. The maximum absolute atomic E-state index is 12.1. The normalized spacial score (nSPS) is 10.9. The number of benzene rings is 3. The van der Waals surface area contributed by atoms with Gasteiger partial charge in [0.25, 0.3) is 0 Å². The van der Waals surface area contributed by atoms with Crippen molar-refractivity contribution in [2.24, 2.45) is 5.10 Å². The second kappa shape index (κ2) is 12.9. The van der Waals surface area contributed by atoms with Gasteiger partial charge in [0.1, 0.15) is 18.1 Å². The number of rotatable bonds is 10. The first kappa shape index (κ1) is 25.5. The molecule has 1 amide bonds. The zero-order valence-corrected chi connectivity index (χ0v) is 22.9. The molecular formula is C26H26I2N2O3. The highest BCUT2D eigenvalue weighted by Gasteiger charge is 2.09. The minimum atomic E-state index is -0.0929. The Balaban J connectivity index is 1.47. The molecule has 3 aromatic carbocycles. The molecular weight excluding hydrogens is 642 g/mol. The zero-order chi connectivity index (χ0) is 23.6. The SMILES string of the molecule is COc1ccc(CCCC(=O)N/N=C\c2cc(I)c(OCc3ccccc3)c(I)c2)c(C)c1. The van der Waals surface area contributed by atoms with E-state index < -0.39 is 0 Å². The molecule has 0 aromatic heterocycles. The molecule has 1 N–H and O–H groups in total. The van der Waals surface area contributed by atoms with Crippen LogP contribution in [-0.4, -0.2) is 19.2 Å². The summed E-state index contributed by atoms with van der Waals surface area (Å²) < 4.78 is 13.3. The van der Waals surface area contributed by atoms with Gasteiger partial charge in [-0.3, -0.25) is 4.79 Å². The second-order valence-electron chi connectivity index (χ2n) is 7.53. The van der Waals surface area contributed by atoms with Gasteiger partial charge in [0, 0.05) is 6.42 Å². The molecule has 0 saturated heterocycles. The molecule has 0 aliphatic carbocycles. The van der Waals surface area contributed by atoms with E-state index in [2.05, 4.69) is 68.7 Å². The van der Waals surface area contributed by atoms with Crippen molar-refractivity contribution in [3.8, 4) is 11.5 Å². The molecule has 0 atom stereocenters. The number of methoxy groups -OCH3 is 1. The maximum atomic E-state index is 12.1. The van der Waals surface area contributed by atoms with Crippen LogP contribution in [0.25, 0.3) is 0 Å². The number of hydrogen-bond donors (Lipinski definition) is 1. The number of halogens is 2.